The van der Waals surface area contributed by atoms with Gasteiger partial charge in [-0.25, -0.2) is 0 Å². The molecule has 0 spiro atoms. The summed E-state index contributed by atoms with van der Waals surface area (Å²) in [6, 6.07) is 11.2. The molecule has 96 valence electrons. The zero-order valence-corrected chi connectivity index (χ0v) is 11.1. The smallest absolute Gasteiger partial charge is 0.132 e. The fourth-order valence-corrected chi connectivity index (χ4v) is 2.00. The lowest BCUT2D eigenvalue weighted by Crippen LogP contribution is -2.06. The maximum absolute atomic E-state index is 11.0. The Bertz CT molecular complexity index is 391. The lowest BCUT2D eigenvalue weighted by molar-refractivity contribution is -0.119. The number of nitriles is 1. The Labute approximate surface area is 110 Å². The van der Waals surface area contributed by atoms with Crippen LogP contribution in [0.2, 0.25) is 0 Å². The van der Waals surface area contributed by atoms with Crippen LogP contribution in [-0.4, -0.2) is 5.78 Å². The molecule has 1 fully saturated rings. The first-order valence-corrected chi connectivity index (χ1v) is 6.69. The van der Waals surface area contributed by atoms with Crippen LogP contribution in [0.1, 0.15) is 51.0 Å². The van der Waals surface area contributed by atoms with Crippen molar-refractivity contribution in [1.29, 1.82) is 5.26 Å². The van der Waals surface area contributed by atoms with Gasteiger partial charge < -0.3 is 0 Å². The maximum atomic E-state index is 11.0. The summed E-state index contributed by atoms with van der Waals surface area (Å²) >= 11 is 0. The van der Waals surface area contributed by atoms with E-state index in [9.17, 15) is 4.79 Å². The average molecular weight is 243 g/mol. The molecule has 0 amide bonds. The topological polar surface area (TPSA) is 40.9 Å². The van der Waals surface area contributed by atoms with E-state index in [2.05, 4.69) is 6.92 Å². The zero-order valence-electron chi connectivity index (χ0n) is 11.1. The number of hydrogen-bond donors (Lipinski definition) is 0. The molecule has 1 aliphatic carbocycles. The SMILES string of the molecule is CC1CCCCC(=O)CC1.N#Cc1ccccc1. The van der Waals surface area contributed by atoms with Crippen molar-refractivity contribution >= 4 is 5.78 Å². The van der Waals surface area contributed by atoms with Gasteiger partial charge in [-0.1, -0.05) is 38.0 Å². The van der Waals surface area contributed by atoms with Crippen LogP contribution in [0.15, 0.2) is 30.3 Å². The average Bonchev–Trinajstić information content (AvgIpc) is 2.41. The van der Waals surface area contributed by atoms with Crippen LogP contribution in [0.25, 0.3) is 0 Å². The summed E-state index contributed by atoms with van der Waals surface area (Å²) in [5.41, 5.74) is 0.715. The predicted molar refractivity (Wildman–Crippen MR) is 73.0 cm³/mol. The van der Waals surface area contributed by atoms with Gasteiger partial charge in [0.25, 0.3) is 0 Å². The van der Waals surface area contributed by atoms with Crippen molar-refractivity contribution in [3.05, 3.63) is 35.9 Å². The molecule has 1 aromatic rings. The highest BCUT2D eigenvalue weighted by atomic mass is 16.1. The normalized spacial score (nSPS) is 19.8. The van der Waals surface area contributed by atoms with Gasteiger partial charge in [0, 0.05) is 12.8 Å². The van der Waals surface area contributed by atoms with Crippen molar-refractivity contribution in [2.75, 3.05) is 0 Å². The molecule has 0 radical (unpaired) electrons. The summed E-state index contributed by atoms with van der Waals surface area (Å²) in [5.74, 6) is 1.26. The minimum absolute atomic E-state index is 0.478. The Morgan fingerprint density at radius 3 is 2.44 bits per heavy atom. The number of nitrogens with zero attached hydrogens (tertiary/aromatic N) is 1. The van der Waals surface area contributed by atoms with Crippen LogP contribution in [0.4, 0.5) is 0 Å². The molecule has 2 heteroatoms. The van der Waals surface area contributed by atoms with E-state index in [0.717, 1.165) is 31.6 Å². The number of carbonyl (C=O) groups is 1. The summed E-state index contributed by atoms with van der Waals surface area (Å²) in [7, 11) is 0. The van der Waals surface area contributed by atoms with E-state index in [4.69, 9.17) is 5.26 Å². The van der Waals surface area contributed by atoms with E-state index in [0.29, 0.717) is 11.3 Å². The molecule has 1 saturated carbocycles. The maximum Gasteiger partial charge on any atom is 0.132 e. The Balaban J connectivity index is 0.000000184. The molecule has 1 aliphatic rings. The number of rotatable bonds is 0. The Morgan fingerprint density at radius 2 is 1.83 bits per heavy atom. The second-order valence-electron chi connectivity index (χ2n) is 4.91. The van der Waals surface area contributed by atoms with Gasteiger partial charge in [0.2, 0.25) is 0 Å². The van der Waals surface area contributed by atoms with Gasteiger partial charge in [-0.2, -0.15) is 5.26 Å². The van der Waals surface area contributed by atoms with Crippen LogP contribution < -0.4 is 0 Å². The van der Waals surface area contributed by atoms with Gasteiger partial charge in [-0.05, 0) is 30.9 Å². The van der Waals surface area contributed by atoms with Crippen LogP contribution in [0.5, 0.6) is 0 Å². The number of ketones is 1. The van der Waals surface area contributed by atoms with Crippen LogP contribution in [0, 0.1) is 17.2 Å². The van der Waals surface area contributed by atoms with Gasteiger partial charge in [0.15, 0.2) is 0 Å². The standard InChI is InChI=1S/C9H16O.C7H5N/c1-8-4-2-3-5-9(10)7-6-8;8-6-7-4-2-1-3-5-7/h8H,2-7H2,1H3;1-5H. The number of benzene rings is 1. The van der Waals surface area contributed by atoms with Gasteiger partial charge in [-0.15, -0.1) is 0 Å². The largest absolute Gasteiger partial charge is 0.300 e. The first kappa shape index (κ1) is 14.4. The molecule has 0 aromatic heterocycles. The Kier molecular flexibility index (Phi) is 6.79. The van der Waals surface area contributed by atoms with E-state index in [1.54, 1.807) is 12.1 Å². The molecule has 0 heterocycles. The minimum Gasteiger partial charge on any atom is -0.300 e. The molecule has 0 N–H and O–H groups in total. The molecule has 2 nitrogen and oxygen atoms in total. The molecule has 2 rings (SSSR count). The van der Waals surface area contributed by atoms with Crippen LogP contribution in [-0.2, 0) is 4.79 Å². The highest BCUT2D eigenvalue weighted by Crippen LogP contribution is 2.19. The molecular weight excluding hydrogens is 222 g/mol. The first-order valence-electron chi connectivity index (χ1n) is 6.69. The van der Waals surface area contributed by atoms with Crippen molar-refractivity contribution in [2.45, 2.75) is 45.4 Å². The fraction of sp³-hybridized carbons (Fsp3) is 0.500. The van der Waals surface area contributed by atoms with Crippen LogP contribution >= 0.6 is 0 Å². The molecule has 18 heavy (non-hydrogen) atoms. The number of carbonyl (C=O) groups excluding carboxylic acids is 1. The van der Waals surface area contributed by atoms with E-state index >= 15 is 0 Å². The third-order valence-corrected chi connectivity index (χ3v) is 3.22. The van der Waals surface area contributed by atoms with Crippen LogP contribution in [0.3, 0.4) is 0 Å². The van der Waals surface area contributed by atoms with Crippen molar-refractivity contribution in [3.8, 4) is 6.07 Å². The first-order chi connectivity index (χ1) is 8.72. The minimum atomic E-state index is 0.478. The van der Waals surface area contributed by atoms with Crippen molar-refractivity contribution in [1.82, 2.24) is 0 Å². The highest BCUT2D eigenvalue weighted by Gasteiger charge is 2.10. The fourth-order valence-electron chi connectivity index (χ4n) is 2.00. The third kappa shape index (κ3) is 6.20. The third-order valence-electron chi connectivity index (χ3n) is 3.22. The molecule has 0 aliphatic heterocycles. The Hall–Kier alpha value is -1.62. The van der Waals surface area contributed by atoms with Gasteiger partial charge in [-0.3, -0.25) is 4.79 Å². The summed E-state index contributed by atoms with van der Waals surface area (Å²) in [6.07, 6.45) is 6.51. The van der Waals surface area contributed by atoms with E-state index in [-0.39, 0.29) is 0 Å². The quantitative estimate of drug-likeness (QED) is 0.688. The van der Waals surface area contributed by atoms with E-state index in [1.807, 2.05) is 24.3 Å². The Morgan fingerprint density at radius 1 is 1.11 bits per heavy atom. The predicted octanol–water partition coefficient (Wildman–Crippen LogP) is 4.10. The van der Waals surface area contributed by atoms with Crippen molar-refractivity contribution < 1.29 is 4.79 Å². The van der Waals surface area contributed by atoms with Gasteiger partial charge in [0.1, 0.15) is 5.78 Å². The summed E-state index contributed by atoms with van der Waals surface area (Å²) in [5, 5.41) is 8.29. The number of Topliss-reactive ketones (excluding diaryl/α,β-unsaturated/α-hetero) is 1. The second-order valence-corrected chi connectivity index (χ2v) is 4.91. The monoisotopic (exact) mass is 243 g/mol. The molecule has 1 unspecified atom stereocenters. The van der Waals surface area contributed by atoms with E-state index < -0.39 is 0 Å². The zero-order chi connectivity index (χ0) is 13.2. The van der Waals surface area contributed by atoms with Gasteiger partial charge in [0.05, 0.1) is 11.6 Å². The lowest BCUT2D eigenvalue weighted by atomic mass is 9.92. The molecular formula is C16H21NO. The highest BCUT2D eigenvalue weighted by molar-refractivity contribution is 5.78. The van der Waals surface area contributed by atoms with E-state index in [1.165, 1.54) is 12.8 Å². The molecule has 0 saturated heterocycles. The van der Waals surface area contributed by atoms with Crippen molar-refractivity contribution in [3.63, 3.8) is 0 Å². The summed E-state index contributed by atoms with van der Waals surface area (Å²) in [4.78, 5) is 11.0. The lowest BCUT2D eigenvalue weighted by Gasteiger charge is -2.13. The van der Waals surface area contributed by atoms with Gasteiger partial charge >= 0.3 is 0 Å². The summed E-state index contributed by atoms with van der Waals surface area (Å²) < 4.78 is 0. The second kappa shape index (κ2) is 8.47. The molecule has 1 atom stereocenters. The molecule has 0 bridgehead atoms. The molecule has 1 aromatic carbocycles. The summed E-state index contributed by atoms with van der Waals surface area (Å²) in [6.45, 7) is 2.25. The van der Waals surface area contributed by atoms with Crippen molar-refractivity contribution in [2.24, 2.45) is 5.92 Å². The number of hydrogen-bond acceptors (Lipinski definition) is 2.